The molecule has 0 saturated carbocycles. The van der Waals surface area contributed by atoms with Gasteiger partial charge in [0.25, 0.3) is 5.91 Å². The fraction of sp³-hybridized carbons (Fsp3) is 0.0588. The zero-order valence-electron chi connectivity index (χ0n) is 12.8. The Bertz CT molecular complexity index is 776. The van der Waals surface area contributed by atoms with E-state index in [1.54, 1.807) is 42.5 Å². The maximum absolute atomic E-state index is 12.2. The van der Waals surface area contributed by atoms with Crippen molar-refractivity contribution in [3.05, 3.63) is 63.2 Å². The second kappa shape index (κ2) is 8.46. The van der Waals surface area contributed by atoms with E-state index in [-0.39, 0.29) is 0 Å². The number of carbonyl (C=O) groups is 2. The lowest BCUT2D eigenvalue weighted by Crippen LogP contribution is -2.27. The summed E-state index contributed by atoms with van der Waals surface area (Å²) < 4.78 is 11.4. The van der Waals surface area contributed by atoms with Crippen LogP contribution in [0.25, 0.3) is 6.08 Å². The Morgan fingerprint density at radius 3 is 2.54 bits per heavy atom. The third-order valence-electron chi connectivity index (χ3n) is 3.03. The molecule has 0 aromatic heterocycles. The van der Waals surface area contributed by atoms with Gasteiger partial charge in [0, 0.05) is 6.08 Å². The van der Waals surface area contributed by atoms with Gasteiger partial charge in [-0.25, -0.2) is 10.6 Å². The van der Waals surface area contributed by atoms with Crippen LogP contribution in [0.5, 0.6) is 11.5 Å². The number of nitrogens with two attached hydrogens (primary N) is 1. The molecule has 0 heterocycles. The van der Waals surface area contributed by atoms with Crippen molar-refractivity contribution < 1.29 is 19.1 Å². The summed E-state index contributed by atoms with van der Waals surface area (Å²) in [5, 5.41) is 0. The van der Waals surface area contributed by atoms with Crippen LogP contribution in [0, 0.1) is 3.57 Å². The lowest BCUT2D eigenvalue weighted by molar-refractivity contribution is -0.116. The Labute approximate surface area is 152 Å². The number of ether oxygens (including phenoxy) is 2. The number of benzene rings is 2. The lowest BCUT2D eigenvalue weighted by atomic mass is 10.2. The molecule has 0 bridgehead atoms. The van der Waals surface area contributed by atoms with E-state index in [1.165, 1.54) is 13.2 Å². The monoisotopic (exact) mass is 438 g/mol. The molecule has 0 atom stereocenters. The van der Waals surface area contributed by atoms with Gasteiger partial charge in [-0.05, 0) is 58.5 Å². The van der Waals surface area contributed by atoms with Crippen LogP contribution in [0.3, 0.4) is 0 Å². The highest BCUT2D eigenvalue weighted by Crippen LogP contribution is 2.34. The third kappa shape index (κ3) is 4.56. The molecule has 0 fully saturated rings. The van der Waals surface area contributed by atoms with Crippen molar-refractivity contribution in [3.8, 4) is 11.5 Å². The molecule has 3 N–H and O–H groups in total. The number of nitrogens with one attached hydrogen (secondary N) is 1. The van der Waals surface area contributed by atoms with E-state index in [0.717, 1.165) is 0 Å². The van der Waals surface area contributed by atoms with Crippen LogP contribution < -0.4 is 20.7 Å². The van der Waals surface area contributed by atoms with E-state index in [1.807, 2.05) is 34.1 Å². The first-order valence-electron chi connectivity index (χ1n) is 6.88. The second-order valence-electron chi connectivity index (χ2n) is 4.63. The Hall–Kier alpha value is -2.39. The first-order valence-corrected chi connectivity index (χ1v) is 7.96. The molecule has 0 unspecified atom stereocenters. The maximum atomic E-state index is 12.2. The van der Waals surface area contributed by atoms with E-state index >= 15 is 0 Å². The fourth-order valence-corrected chi connectivity index (χ4v) is 2.62. The molecule has 0 aliphatic carbocycles. The SMILES string of the molecule is COc1cc(/C=C/C(=O)NN)cc(I)c1OC(=O)c1ccccc1. The van der Waals surface area contributed by atoms with E-state index in [4.69, 9.17) is 15.3 Å². The second-order valence-corrected chi connectivity index (χ2v) is 5.79. The normalized spacial score (nSPS) is 10.5. The van der Waals surface area contributed by atoms with Crippen molar-refractivity contribution in [3.63, 3.8) is 0 Å². The van der Waals surface area contributed by atoms with E-state index in [9.17, 15) is 9.59 Å². The molecule has 0 aliphatic rings. The number of halogens is 1. The number of hydrogen-bond donors (Lipinski definition) is 2. The van der Waals surface area contributed by atoms with Crippen molar-refractivity contribution in [1.29, 1.82) is 0 Å². The number of hydrogen-bond acceptors (Lipinski definition) is 5. The zero-order valence-corrected chi connectivity index (χ0v) is 14.9. The average molecular weight is 438 g/mol. The minimum absolute atomic E-state index is 0.326. The van der Waals surface area contributed by atoms with Gasteiger partial charge >= 0.3 is 5.97 Å². The van der Waals surface area contributed by atoms with Gasteiger partial charge in [-0.15, -0.1) is 0 Å². The summed E-state index contributed by atoms with van der Waals surface area (Å²) in [4.78, 5) is 23.4. The number of carbonyl (C=O) groups excluding carboxylic acids is 2. The maximum Gasteiger partial charge on any atom is 0.343 e. The molecule has 0 saturated heterocycles. The molecule has 2 aromatic rings. The summed E-state index contributed by atoms with van der Waals surface area (Å²) in [6, 6.07) is 12.1. The van der Waals surface area contributed by atoms with E-state index in [0.29, 0.717) is 26.2 Å². The minimum Gasteiger partial charge on any atom is -0.493 e. The highest BCUT2D eigenvalue weighted by molar-refractivity contribution is 14.1. The highest BCUT2D eigenvalue weighted by Gasteiger charge is 2.16. The van der Waals surface area contributed by atoms with Crippen molar-refractivity contribution in [2.24, 2.45) is 5.84 Å². The van der Waals surface area contributed by atoms with Crippen LogP contribution in [-0.2, 0) is 4.79 Å². The largest absolute Gasteiger partial charge is 0.493 e. The van der Waals surface area contributed by atoms with Crippen LogP contribution in [0.4, 0.5) is 0 Å². The van der Waals surface area contributed by atoms with Gasteiger partial charge in [-0.1, -0.05) is 18.2 Å². The van der Waals surface area contributed by atoms with Crippen LogP contribution in [0.15, 0.2) is 48.5 Å². The molecule has 7 heteroatoms. The van der Waals surface area contributed by atoms with Gasteiger partial charge in [0.1, 0.15) is 0 Å². The molecule has 0 spiro atoms. The quantitative estimate of drug-likeness (QED) is 0.143. The Balaban J connectivity index is 2.29. The Morgan fingerprint density at radius 1 is 1.21 bits per heavy atom. The smallest absolute Gasteiger partial charge is 0.343 e. The predicted molar refractivity (Wildman–Crippen MR) is 98.5 cm³/mol. The number of amides is 1. The van der Waals surface area contributed by atoms with Crippen molar-refractivity contribution >= 4 is 40.5 Å². The van der Waals surface area contributed by atoms with E-state index < -0.39 is 11.9 Å². The van der Waals surface area contributed by atoms with Gasteiger partial charge in [0.15, 0.2) is 11.5 Å². The van der Waals surface area contributed by atoms with Crippen molar-refractivity contribution in [2.45, 2.75) is 0 Å². The van der Waals surface area contributed by atoms with Gasteiger partial charge < -0.3 is 9.47 Å². The number of esters is 1. The number of rotatable bonds is 5. The predicted octanol–water partition coefficient (Wildman–Crippen LogP) is 2.52. The first-order chi connectivity index (χ1) is 11.5. The third-order valence-corrected chi connectivity index (χ3v) is 3.83. The molecule has 2 rings (SSSR count). The molecular weight excluding hydrogens is 423 g/mol. The molecule has 0 aliphatic heterocycles. The van der Waals surface area contributed by atoms with E-state index in [2.05, 4.69) is 0 Å². The summed E-state index contributed by atoms with van der Waals surface area (Å²) in [6.07, 6.45) is 2.87. The Kier molecular flexibility index (Phi) is 6.33. The van der Waals surface area contributed by atoms with Crippen LogP contribution in [0.1, 0.15) is 15.9 Å². The number of hydrazine groups is 1. The van der Waals surface area contributed by atoms with Crippen LogP contribution in [0.2, 0.25) is 0 Å². The molecule has 0 radical (unpaired) electrons. The average Bonchev–Trinajstić information content (AvgIpc) is 2.61. The number of methoxy groups -OCH3 is 1. The first kappa shape index (κ1) is 18.0. The summed E-state index contributed by atoms with van der Waals surface area (Å²) >= 11 is 2.04. The van der Waals surface area contributed by atoms with Gasteiger partial charge in [0.05, 0.1) is 16.2 Å². The summed E-state index contributed by atoms with van der Waals surface area (Å²) in [7, 11) is 1.48. The lowest BCUT2D eigenvalue weighted by Gasteiger charge is -2.12. The summed E-state index contributed by atoms with van der Waals surface area (Å²) in [5.74, 6) is 4.83. The van der Waals surface area contributed by atoms with Crippen molar-refractivity contribution in [1.82, 2.24) is 5.43 Å². The Morgan fingerprint density at radius 2 is 1.92 bits per heavy atom. The zero-order chi connectivity index (χ0) is 17.5. The topological polar surface area (TPSA) is 90.7 Å². The molecule has 1 amide bonds. The molecule has 124 valence electrons. The van der Waals surface area contributed by atoms with Crippen LogP contribution >= 0.6 is 22.6 Å². The van der Waals surface area contributed by atoms with Crippen molar-refractivity contribution in [2.75, 3.05) is 7.11 Å². The summed E-state index contributed by atoms with van der Waals surface area (Å²) in [6.45, 7) is 0. The molecular formula is C17H15IN2O4. The van der Waals surface area contributed by atoms with Crippen LogP contribution in [-0.4, -0.2) is 19.0 Å². The van der Waals surface area contributed by atoms with Gasteiger partial charge in [-0.2, -0.15) is 0 Å². The van der Waals surface area contributed by atoms with Gasteiger partial charge in [-0.3, -0.25) is 10.2 Å². The fourth-order valence-electron chi connectivity index (χ4n) is 1.88. The minimum atomic E-state index is -0.474. The standard InChI is InChI=1S/C17H15IN2O4/c1-23-14-10-11(7-8-15(21)20-19)9-13(18)16(14)24-17(22)12-5-3-2-4-6-12/h2-10H,19H2,1H3,(H,20,21)/b8-7+. The molecule has 2 aromatic carbocycles. The highest BCUT2D eigenvalue weighted by atomic mass is 127. The molecule has 24 heavy (non-hydrogen) atoms. The molecule has 6 nitrogen and oxygen atoms in total. The van der Waals surface area contributed by atoms with Gasteiger partial charge in [0.2, 0.25) is 0 Å². The summed E-state index contributed by atoms with van der Waals surface area (Å²) in [5.41, 5.74) is 3.16.